The molecule has 1 aliphatic heterocycles. The predicted molar refractivity (Wildman–Crippen MR) is 84.5 cm³/mol. The van der Waals surface area contributed by atoms with Crippen LogP contribution in [0.25, 0.3) is 11.8 Å². The third-order valence-corrected chi connectivity index (χ3v) is 4.46. The van der Waals surface area contributed by atoms with Crippen molar-refractivity contribution in [3.8, 4) is 5.69 Å². The molecule has 0 spiro atoms. The smallest absolute Gasteiger partial charge is 0.317 e. The number of hydrogen-bond acceptors (Lipinski definition) is 3. The summed E-state index contributed by atoms with van der Waals surface area (Å²) in [4.78, 5) is 24.7. The van der Waals surface area contributed by atoms with Crippen LogP contribution in [0.5, 0.6) is 0 Å². The first kappa shape index (κ1) is 16.4. The van der Waals surface area contributed by atoms with Gasteiger partial charge in [0.1, 0.15) is 0 Å². The molecule has 0 radical (unpaired) electrons. The van der Waals surface area contributed by atoms with Crippen molar-refractivity contribution in [1.82, 2.24) is 9.47 Å². The monoisotopic (exact) mass is 352 g/mol. The molecule has 1 aliphatic rings. The molecule has 0 saturated carbocycles. The summed E-state index contributed by atoms with van der Waals surface area (Å²) in [5.74, 6) is -0.429. The Morgan fingerprint density at radius 2 is 1.88 bits per heavy atom. The topological polar surface area (TPSA) is 42.3 Å². The number of nitrogens with zero attached hydrogens (tertiary/aromatic N) is 2. The fourth-order valence-corrected chi connectivity index (χ4v) is 3.07. The molecule has 0 unspecified atom stereocenters. The Kier molecular flexibility index (Phi) is 4.00. The van der Waals surface area contributed by atoms with Crippen molar-refractivity contribution >= 4 is 29.0 Å². The number of aromatic nitrogens is 1. The lowest BCUT2D eigenvalue weighted by Gasteiger charge is -2.11. The molecule has 2 amide bonds. The SMILES string of the molecule is CN1C(=O)S/C(=C/c2cccn2-c2cccc(C(F)(F)F)c2)C1=O. The highest BCUT2D eigenvalue weighted by Gasteiger charge is 2.32. The molecule has 124 valence electrons. The summed E-state index contributed by atoms with van der Waals surface area (Å²) in [5, 5.41) is -0.386. The van der Waals surface area contributed by atoms with Gasteiger partial charge in [-0.3, -0.25) is 14.5 Å². The second kappa shape index (κ2) is 5.86. The summed E-state index contributed by atoms with van der Waals surface area (Å²) in [6.07, 6.45) is -1.35. The van der Waals surface area contributed by atoms with E-state index in [4.69, 9.17) is 0 Å². The number of hydrogen-bond donors (Lipinski definition) is 0. The quantitative estimate of drug-likeness (QED) is 0.762. The van der Waals surface area contributed by atoms with Gasteiger partial charge in [0.15, 0.2) is 0 Å². The van der Waals surface area contributed by atoms with E-state index in [0.29, 0.717) is 11.4 Å². The van der Waals surface area contributed by atoms with Gasteiger partial charge in [0, 0.05) is 24.6 Å². The van der Waals surface area contributed by atoms with Crippen molar-refractivity contribution in [1.29, 1.82) is 0 Å². The average molecular weight is 352 g/mol. The lowest BCUT2D eigenvalue weighted by Crippen LogP contribution is -2.22. The number of likely N-dealkylation sites (N-methyl/N-ethyl adjacent to an activating group) is 1. The first-order valence-electron chi connectivity index (χ1n) is 6.84. The van der Waals surface area contributed by atoms with Gasteiger partial charge in [-0.2, -0.15) is 13.2 Å². The van der Waals surface area contributed by atoms with Gasteiger partial charge in [-0.25, -0.2) is 0 Å². The highest BCUT2D eigenvalue weighted by Crippen LogP contribution is 2.33. The van der Waals surface area contributed by atoms with E-state index in [1.54, 1.807) is 18.3 Å². The zero-order valence-corrected chi connectivity index (χ0v) is 13.2. The third-order valence-electron chi connectivity index (χ3n) is 3.50. The minimum Gasteiger partial charge on any atom is -0.317 e. The number of carbonyl (C=O) groups excluding carboxylic acids is 2. The molecule has 3 rings (SSSR count). The Balaban J connectivity index is 2.01. The van der Waals surface area contributed by atoms with Crippen LogP contribution < -0.4 is 0 Å². The maximum atomic E-state index is 12.9. The molecule has 2 aromatic rings. The summed E-state index contributed by atoms with van der Waals surface area (Å²) in [5.41, 5.74) is 0.0682. The minimum atomic E-state index is -4.44. The van der Waals surface area contributed by atoms with Crippen LogP contribution in [0.2, 0.25) is 0 Å². The Bertz CT molecular complexity index is 855. The van der Waals surface area contributed by atoms with Gasteiger partial charge in [0.2, 0.25) is 0 Å². The molecule has 1 aromatic heterocycles. The van der Waals surface area contributed by atoms with E-state index in [1.807, 2.05) is 0 Å². The molecule has 1 saturated heterocycles. The Labute approximate surface area is 139 Å². The van der Waals surface area contributed by atoms with E-state index in [-0.39, 0.29) is 10.1 Å². The standard InChI is InChI=1S/C16H11F3N2O2S/c1-20-14(22)13(24-15(20)23)9-12-6-3-7-21(12)11-5-2-4-10(8-11)16(17,18)19/h2-9H,1H3/b13-9+. The van der Waals surface area contributed by atoms with Crippen molar-refractivity contribution in [3.63, 3.8) is 0 Å². The van der Waals surface area contributed by atoms with Crippen LogP contribution in [-0.2, 0) is 11.0 Å². The summed E-state index contributed by atoms with van der Waals surface area (Å²) in [7, 11) is 1.38. The van der Waals surface area contributed by atoms with Crippen LogP contribution in [0.4, 0.5) is 18.0 Å². The Hall–Kier alpha value is -2.48. The van der Waals surface area contributed by atoms with Crippen molar-refractivity contribution < 1.29 is 22.8 Å². The first-order chi connectivity index (χ1) is 11.3. The number of carbonyl (C=O) groups is 2. The minimum absolute atomic E-state index is 0.231. The van der Waals surface area contributed by atoms with Crippen LogP contribution >= 0.6 is 11.8 Å². The first-order valence-corrected chi connectivity index (χ1v) is 7.65. The third kappa shape index (κ3) is 2.96. The lowest BCUT2D eigenvalue weighted by molar-refractivity contribution is -0.137. The average Bonchev–Trinajstić information content (AvgIpc) is 3.08. The molecule has 24 heavy (non-hydrogen) atoms. The summed E-state index contributed by atoms with van der Waals surface area (Å²) in [6, 6.07) is 8.20. The molecule has 0 bridgehead atoms. The highest BCUT2D eigenvalue weighted by molar-refractivity contribution is 8.18. The molecule has 1 aromatic carbocycles. The lowest BCUT2D eigenvalue weighted by atomic mass is 10.2. The number of benzene rings is 1. The summed E-state index contributed by atoms with van der Waals surface area (Å²) >= 11 is 0.797. The second-order valence-corrected chi connectivity index (χ2v) is 6.09. The maximum absolute atomic E-state index is 12.9. The van der Waals surface area contributed by atoms with Gasteiger partial charge in [0.25, 0.3) is 11.1 Å². The number of thioether (sulfide) groups is 1. The zero-order valence-electron chi connectivity index (χ0n) is 12.4. The largest absolute Gasteiger partial charge is 0.416 e. The van der Waals surface area contributed by atoms with E-state index in [9.17, 15) is 22.8 Å². The molecule has 0 atom stereocenters. The summed E-state index contributed by atoms with van der Waals surface area (Å²) in [6.45, 7) is 0. The number of amides is 2. The molecule has 2 heterocycles. The Morgan fingerprint density at radius 3 is 2.50 bits per heavy atom. The zero-order chi connectivity index (χ0) is 17.5. The van der Waals surface area contributed by atoms with E-state index in [0.717, 1.165) is 28.8 Å². The molecule has 8 heteroatoms. The van der Waals surface area contributed by atoms with Crippen LogP contribution in [-0.4, -0.2) is 27.7 Å². The normalized spacial score (nSPS) is 17.2. The van der Waals surface area contributed by atoms with Gasteiger partial charge in [0.05, 0.1) is 10.5 Å². The van der Waals surface area contributed by atoms with E-state index in [1.165, 1.54) is 29.8 Å². The fourth-order valence-electron chi connectivity index (χ4n) is 2.26. The van der Waals surface area contributed by atoms with Crippen LogP contribution in [0.3, 0.4) is 0 Å². The number of rotatable bonds is 2. The fraction of sp³-hybridized carbons (Fsp3) is 0.125. The van der Waals surface area contributed by atoms with Crippen molar-refractivity contribution in [2.75, 3.05) is 7.05 Å². The van der Waals surface area contributed by atoms with Crippen molar-refractivity contribution in [2.45, 2.75) is 6.18 Å². The highest BCUT2D eigenvalue weighted by atomic mass is 32.2. The van der Waals surface area contributed by atoms with Crippen molar-refractivity contribution in [3.05, 3.63) is 58.8 Å². The van der Waals surface area contributed by atoms with Crippen LogP contribution in [0, 0.1) is 0 Å². The number of halogens is 3. The predicted octanol–water partition coefficient (Wildman–Crippen LogP) is 4.16. The van der Waals surface area contributed by atoms with Gasteiger partial charge >= 0.3 is 6.18 Å². The van der Waals surface area contributed by atoms with Gasteiger partial charge in [-0.05, 0) is 48.2 Å². The van der Waals surface area contributed by atoms with Crippen LogP contribution in [0.15, 0.2) is 47.5 Å². The number of alkyl halides is 3. The Morgan fingerprint density at radius 1 is 1.12 bits per heavy atom. The van der Waals surface area contributed by atoms with Gasteiger partial charge in [-0.15, -0.1) is 0 Å². The van der Waals surface area contributed by atoms with Gasteiger partial charge in [-0.1, -0.05) is 6.07 Å². The van der Waals surface area contributed by atoms with E-state index >= 15 is 0 Å². The molecular formula is C16H11F3N2O2S. The summed E-state index contributed by atoms with van der Waals surface area (Å²) < 4.78 is 40.1. The number of imide groups is 1. The molecule has 4 nitrogen and oxygen atoms in total. The molecule has 1 fully saturated rings. The molecular weight excluding hydrogens is 341 g/mol. The molecule has 0 N–H and O–H groups in total. The van der Waals surface area contributed by atoms with E-state index in [2.05, 4.69) is 0 Å². The van der Waals surface area contributed by atoms with E-state index < -0.39 is 17.6 Å². The molecule has 0 aliphatic carbocycles. The van der Waals surface area contributed by atoms with Gasteiger partial charge < -0.3 is 4.57 Å². The van der Waals surface area contributed by atoms with Crippen LogP contribution in [0.1, 0.15) is 11.3 Å². The maximum Gasteiger partial charge on any atom is 0.416 e. The second-order valence-electron chi connectivity index (χ2n) is 5.09. The van der Waals surface area contributed by atoms with Crippen molar-refractivity contribution in [2.24, 2.45) is 0 Å².